The van der Waals surface area contributed by atoms with Gasteiger partial charge in [-0.25, -0.2) is 18.4 Å². The Morgan fingerprint density at radius 3 is 2.55 bits per heavy atom. The van der Waals surface area contributed by atoms with E-state index in [-0.39, 0.29) is 29.6 Å². The summed E-state index contributed by atoms with van der Waals surface area (Å²) in [6.45, 7) is 2.50. The van der Waals surface area contributed by atoms with Gasteiger partial charge in [-0.3, -0.25) is 9.10 Å². The van der Waals surface area contributed by atoms with Crippen molar-refractivity contribution in [3.63, 3.8) is 0 Å². The third-order valence-corrected chi connectivity index (χ3v) is 7.99. The minimum atomic E-state index is -4.75. The summed E-state index contributed by atoms with van der Waals surface area (Å²) in [5.41, 5.74) is 0.151. The number of hydrogen-bond donors (Lipinski definition) is 3. The molecule has 0 saturated heterocycles. The van der Waals surface area contributed by atoms with Crippen LogP contribution in [-0.4, -0.2) is 49.1 Å². The highest BCUT2D eigenvalue weighted by atomic mass is 32.2. The molecule has 0 radical (unpaired) electrons. The highest BCUT2D eigenvalue weighted by Gasteiger charge is 2.35. The van der Waals surface area contributed by atoms with E-state index < -0.39 is 27.6 Å². The van der Waals surface area contributed by atoms with Crippen molar-refractivity contribution in [2.24, 2.45) is 5.41 Å². The molecule has 0 bridgehead atoms. The van der Waals surface area contributed by atoms with E-state index in [2.05, 4.69) is 37.8 Å². The maximum Gasteiger partial charge on any atom is 0.421 e. The largest absolute Gasteiger partial charge is 0.421 e. The molecule has 1 aliphatic rings. The number of rotatable bonds is 10. The Balaban J connectivity index is 1.53. The first-order chi connectivity index (χ1) is 18.7. The molecule has 1 aliphatic carbocycles. The van der Waals surface area contributed by atoms with E-state index in [1.807, 2.05) is 0 Å². The topological polar surface area (TPSA) is 129 Å². The minimum absolute atomic E-state index is 0.0693. The summed E-state index contributed by atoms with van der Waals surface area (Å²) >= 11 is 0. The number of aromatic nitrogens is 3. The highest BCUT2D eigenvalue weighted by Crippen LogP contribution is 2.39. The molecular weight excluding hydrogens is 547 g/mol. The Hall–Kier alpha value is -3.94. The van der Waals surface area contributed by atoms with E-state index in [4.69, 9.17) is 0 Å². The fourth-order valence-corrected chi connectivity index (χ4v) is 4.67. The van der Waals surface area contributed by atoms with E-state index in [0.29, 0.717) is 29.6 Å². The second-order valence-electron chi connectivity index (χ2n) is 10.1. The Kier molecular flexibility index (Phi) is 8.19. The molecule has 2 heterocycles. The van der Waals surface area contributed by atoms with Gasteiger partial charge in [0.1, 0.15) is 17.2 Å². The number of amides is 1. The average molecular weight is 578 g/mol. The summed E-state index contributed by atoms with van der Waals surface area (Å²) in [5.74, 6) is -0.821. The number of carbonyl (C=O) groups excluding carboxylic acids is 1. The van der Waals surface area contributed by atoms with E-state index in [1.165, 1.54) is 13.2 Å². The predicted molar refractivity (Wildman–Crippen MR) is 146 cm³/mol. The lowest BCUT2D eigenvalue weighted by Crippen LogP contribution is -2.39. The van der Waals surface area contributed by atoms with Gasteiger partial charge in [-0.05, 0) is 42.5 Å². The smallest absolute Gasteiger partial charge is 0.365 e. The number of alkyl halides is 3. The number of carbonyl (C=O) groups is 1. The number of nitrogens with zero attached hydrogens (tertiary/aromatic N) is 4. The normalized spacial score (nSPS) is 14.7. The molecule has 1 fully saturated rings. The second kappa shape index (κ2) is 11.3. The average Bonchev–Trinajstić information content (AvgIpc) is 2.88. The minimum Gasteiger partial charge on any atom is -0.365 e. The molecular formula is C26H30F3N7O3S. The van der Waals surface area contributed by atoms with Crippen molar-refractivity contribution in [3.05, 3.63) is 65.5 Å². The number of pyridine rings is 1. The first-order valence-electron chi connectivity index (χ1n) is 12.5. The zero-order valence-corrected chi connectivity index (χ0v) is 23.0. The van der Waals surface area contributed by atoms with Crippen molar-refractivity contribution >= 4 is 39.2 Å². The Labute approximate surface area is 230 Å². The maximum atomic E-state index is 13.7. The summed E-state index contributed by atoms with van der Waals surface area (Å²) in [6.07, 6.45) is 1.56. The fourth-order valence-electron chi connectivity index (χ4n) is 4.19. The van der Waals surface area contributed by atoms with Gasteiger partial charge in [0.2, 0.25) is 16.0 Å². The Morgan fingerprint density at radius 2 is 1.90 bits per heavy atom. The molecule has 1 saturated carbocycles. The van der Waals surface area contributed by atoms with E-state index in [1.54, 1.807) is 36.4 Å². The molecule has 0 spiro atoms. The van der Waals surface area contributed by atoms with Crippen LogP contribution in [0.4, 0.5) is 36.4 Å². The molecule has 0 aliphatic heterocycles. The standard InChI is InChI=1S/C26H30F3N7O3S/c1-25(10-6-11-25)16-33-23(37)17-7-4-9-19(13-17)34-24-32-15-20(26(27,28)29)21(35-24)31-14-18-8-5-12-30-22(18)36(2)40(3,38)39/h4-5,7-9,12-13,15H,6,10-11,14,16H2,1-3H3,(H,33,37)(H2,31,32,34,35). The predicted octanol–water partition coefficient (Wildman–Crippen LogP) is 4.56. The second-order valence-corrected chi connectivity index (χ2v) is 12.1. The summed E-state index contributed by atoms with van der Waals surface area (Å²) in [6, 6.07) is 9.59. The van der Waals surface area contributed by atoms with Gasteiger partial charge >= 0.3 is 6.18 Å². The molecule has 214 valence electrons. The van der Waals surface area contributed by atoms with Crippen LogP contribution < -0.4 is 20.3 Å². The lowest BCUT2D eigenvalue weighted by atomic mass is 9.70. The number of benzene rings is 1. The van der Waals surface area contributed by atoms with Crippen LogP contribution >= 0.6 is 0 Å². The van der Waals surface area contributed by atoms with E-state index >= 15 is 0 Å². The van der Waals surface area contributed by atoms with Gasteiger partial charge in [-0.1, -0.05) is 25.5 Å². The SMILES string of the molecule is CN(c1ncccc1CNc1nc(Nc2cccc(C(=O)NCC3(C)CCC3)c2)ncc1C(F)(F)F)S(C)(=O)=O. The van der Waals surface area contributed by atoms with Crippen LogP contribution in [0.25, 0.3) is 0 Å². The quantitative estimate of drug-likeness (QED) is 0.320. The van der Waals surface area contributed by atoms with Gasteiger partial charge in [0.05, 0.1) is 6.26 Å². The van der Waals surface area contributed by atoms with Crippen LogP contribution in [-0.2, 0) is 22.7 Å². The Morgan fingerprint density at radius 1 is 1.15 bits per heavy atom. The summed E-state index contributed by atoms with van der Waals surface area (Å²) < 4.78 is 66.1. The first kappa shape index (κ1) is 29.1. The zero-order chi connectivity index (χ0) is 29.1. The van der Waals surface area contributed by atoms with Crippen molar-refractivity contribution in [3.8, 4) is 0 Å². The van der Waals surface area contributed by atoms with Gasteiger partial charge in [0, 0.05) is 49.3 Å². The lowest BCUT2D eigenvalue weighted by Gasteiger charge is -2.38. The number of anilines is 4. The van der Waals surface area contributed by atoms with Crippen LogP contribution in [0.2, 0.25) is 0 Å². The van der Waals surface area contributed by atoms with E-state index in [0.717, 1.165) is 29.8 Å². The third-order valence-electron chi connectivity index (χ3n) is 6.82. The van der Waals surface area contributed by atoms with Gasteiger partial charge < -0.3 is 16.0 Å². The van der Waals surface area contributed by atoms with Crippen molar-refractivity contribution in [1.29, 1.82) is 0 Å². The highest BCUT2D eigenvalue weighted by molar-refractivity contribution is 7.92. The van der Waals surface area contributed by atoms with Gasteiger partial charge in [-0.15, -0.1) is 0 Å². The van der Waals surface area contributed by atoms with Gasteiger partial charge in [-0.2, -0.15) is 18.2 Å². The van der Waals surface area contributed by atoms with Crippen molar-refractivity contribution in [1.82, 2.24) is 20.3 Å². The van der Waals surface area contributed by atoms with Crippen LogP contribution in [0.3, 0.4) is 0 Å². The molecule has 3 N–H and O–H groups in total. The van der Waals surface area contributed by atoms with Crippen molar-refractivity contribution in [2.45, 2.75) is 38.9 Å². The molecule has 40 heavy (non-hydrogen) atoms. The van der Waals surface area contributed by atoms with Crippen LogP contribution in [0.15, 0.2) is 48.8 Å². The molecule has 1 aromatic carbocycles. The van der Waals surface area contributed by atoms with Crippen LogP contribution in [0, 0.1) is 5.41 Å². The zero-order valence-electron chi connectivity index (χ0n) is 22.2. The fraction of sp³-hybridized carbons (Fsp3) is 0.385. The molecule has 0 unspecified atom stereocenters. The van der Waals surface area contributed by atoms with Crippen LogP contribution in [0.5, 0.6) is 0 Å². The maximum absolute atomic E-state index is 13.7. The monoisotopic (exact) mass is 577 g/mol. The number of nitrogens with one attached hydrogen (secondary N) is 3. The Bertz CT molecular complexity index is 1490. The lowest BCUT2D eigenvalue weighted by molar-refractivity contribution is -0.137. The molecule has 4 rings (SSSR count). The van der Waals surface area contributed by atoms with E-state index in [9.17, 15) is 26.4 Å². The first-order valence-corrected chi connectivity index (χ1v) is 14.3. The third kappa shape index (κ3) is 6.97. The number of sulfonamides is 1. The molecule has 1 amide bonds. The molecule has 14 heteroatoms. The van der Waals surface area contributed by atoms with Crippen LogP contribution in [0.1, 0.15) is 47.7 Å². The summed E-state index contributed by atoms with van der Waals surface area (Å²) in [5, 5.41) is 8.44. The molecule has 2 aromatic heterocycles. The van der Waals surface area contributed by atoms with Gasteiger partial charge in [0.15, 0.2) is 0 Å². The molecule has 0 atom stereocenters. The summed E-state index contributed by atoms with van der Waals surface area (Å²) in [4.78, 5) is 24.6. The number of halogens is 3. The van der Waals surface area contributed by atoms with Crippen molar-refractivity contribution < 1.29 is 26.4 Å². The molecule has 10 nitrogen and oxygen atoms in total. The van der Waals surface area contributed by atoms with Crippen molar-refractivity contribution in [2.75, 3.05) is 34.8 Å². The van der Waals surface area contributed by atoms with Gasteiger partial charge in [0.25, 0.3) is 5.91 Å². The molecule has 3 aromatic rings. The summed E-state index contributed by atoms with van der Waals surface area (Å²) in [7, 11) is -2.35. The number of hydrogen-bond acceptors (Lipinski definition) is 8.